The third kappa shape index (κ3) is 2.16. The van der Waals surface area contributed by atoms with Crippen molar-refractivity contribution in [2.24, 2.45) is 10.3 Å². The Labute approximate surface area is 114 Å². The van der Waals surface area contributed by atoms with Gasteiger partial charge in [-0.25, -0.2) is 5.01 Å². The van der Waals surface area contributed by atoms with Crippen molar-refractivity contribution in [1.29, 1.82) is 0 Å². The molecule has 3 nitrogen and oxygen atoms in total. The fraction of sp³-hybridized carbons (Fsp3) is 0.143. The van der Waals surface area contributed by atoms with Crippen LogP contribution in [-0.2, 0) is 0 Å². The maximum Gasteiger partial charge on any atom is 0.101 e. The summed E-state index contributed by atoms with van der Waals surface area (Å²) >= 11 is 3.44. The summed E-state index contributed by atoms with van der Waals surface area (Å²) in [4.78, 5) is 0. The number of hydrogen-bond acceptors (Lipinski definition) is 3. The Morgan fingerprint density at radius 2 is 1.72 bits per heavy atom. The van der Waals surface area contributed by atoms with E-state index < -0.39 is 0 Å². The minimum absolute atomic E-state index is 0.201. The number of benzene rings is 2. The van der Waals surface area contributed by atoms with E-state index in [1.807, 2.05) is 47.5 Å². The molecule has 0 aliphatic carbocycles. The SMILES string of the molecule is Brc1ccc(N2N=NC[C@@H]2c2ccccc2)cc1. The van der Waals surface area contributed by atoms with Crippen molar-refractivity contribution < 1.29 is 0 Å². The van der Waals surface area contributed by atoms with E-state index in [4.69, 9.17) is 0 Å². The summed E-state index contributed by atoms with van der Waals surface area (Å²) in [6, 6.07) is 18.7. The smallest absolute Gasteiger partial charge is 0.101 e. The van der Waals surface area contributed by atoms with Crippen LogP contribution in [0.1, 0.15) is 11.6 Å². The van der Waals surface area contributed by atoms with Crippen molar-refractivity contribution in [1.82, 2.24) is 0 Å². The van der Waals surface area contributed by atoms with Gasteiger partial charge in [-0.3, -0.25) is 0 Å². The molecule has 4 heteroatoms. The van der Waals surface area contributed by atoms with Crippen LogP contribution in [0.4, 0.5) is 5.69 Å². The second kappa shape index (κ2) is 4.90. The van der Waals surface area contributed by atoms with Crippen molar-refractivity contribution in [3.8, 4) is 0 Å². The van der Waals surface area contributed by atoms with Crippen LogP contribution in [0.5, 0.6) is 0 Å². The third-order valence-corrected chi connectivity index (χ3v) is 3.51. The molecule has 1 atom stereocenters. The monoisotopic (exact) mass is 301 g/mol. The van der Waals surface area contributed by atoms with Crippen LogP contribution in [-0.4, -0.2) is 6.54 Å². The van der Waals surface area contributed by atoms with Gasteiger partial charge >= 0.3 is 0 Å². The first kappa shape index (κ1) is 11.4. The van der Waals surface area contributed by atoms with Crippen molar-refractivity contribution in [3.63, 3.8) is 0 Å². The van der Waals surface area contributed by atoms with E-state index >= 15 is 0 Å². The first-order chi connectivity index (χ1) is 8.84. The lowest BCUT2D eigenvalue weighted by Crippen LogP contribution is -2.20. The highest BCUT2D eigenvalue weighted by Crippen LogP contribution is 2.32. The van der Waals surface area contributed by atoms with Crippen LogP contribution in [0, 0.1) is 0 Å². The molecule has 0 unspecified atom stereocenters. The van der Waals surface area contributed by atoms with Gasteiger partial charge in [0.05, 0.1) is 12.2 Å². The molecular weight excluding hydrogens is 290 g/mol. The molecule has 3 rings (SSSR count). The largest absolute Gasteiger partial charge is 0.238 e. The Morgan fingerprint density at radius 1 is 1.00 bits per heavy atom. The number of nitrogens with zero attached hydrogens (tertiary/aromatic N) is 3. The molecule has 0 bridgehead atoms. The zero-order valence-corrected chi connectivity index (χ0v) is 11.3. The van der Waals surface area contributed by atoms with Crippen LogP contribution in [0.3, 0.4) is 0 Å². The average molecular weight is 302 g/mol. The van der Waals surface area contributed by atoms with Crippen LogP contribution in [0.2, 0.25) is 0 Å². The molecule has 0 saturated carbocycles. The van der Waals surface area contributed by atoms with E-state index in [2.05, 4.69) is 38.4 Å². The highest BCUT2D eigenvalue weighted by atomic mass is 79.9. The van der Waals surface area contributed by atoms with Gasteiger partial charge < -0.3 is 0 Å². The summed E-state index contributed by atoms with van der Waals surface area (Å²) in [5.74, 6) is 0. The summed E-state index contributed by atoms with van der Waals surface area (Å²) in [7, 11) is 0. The molecule has 0 saturated heterocycles. The predicted octanol–water partition coefficient (Wildman–Crippen LogP) is 4.38. The van der Waals surface area contributed by atoms with Gasteiger partial charge in [-0.2, -0.15) is 5.11 Å². The lowest BCUT2D eigenvalue weighted by Gasteiger charge is -2.22. The molecule has 1 heterocycles. The summed E-state index contributed by atoms with van der Waals surface area (Å²) < 4.78 is 1.07. The molecule has 0 aromatic heterocycles. The fourth-order valence-electron chi connectivity index (χ4n) is 2.07. The molecule has 2 aromatic rings. The second-order valence-electron chi connectivity index (χ2n) is 4.16. The lowest BCUT2D eigenvalue weighted by atomic mass is 10.1. The fourth-order valence-corrected chi connectivity index (χ4v) is 2.33. The topological polar surface area (TPSA) is 28.0 Å². The van der Waals surface area contributed by atoms with E-state index in [0.29, 0.717) is 6.54 Å². The zero-order chi connectivity index (χ0) is 12.4. The van der Waals surface area contributed by atoms with Crippen LogP contribution < -0.4 is 5.01 Å². The Hall–Kier alpha value is -1.68. The molecule has 0 N–H and O–H groups in total. The quantitative estimate of drug-likeness (QED) is 0.809. The normalized spacial score (nSPS) is 18.3. The van der Waals surface area contributed by atoms with E-state index in [1.54, 1.807) is 0 Å². The predicted molar refractivity (Wildman–Crippen MR) is 75.5 cm³/mol. The minimum Gasteiger partial charge on any atom is -0.238 e. The molecule has 90 valence electrons. The molecular formula is C14H12BrN3. The van der Waals surface area contributed by atoms with Gasteiger partial charge in [0, 0.05) is 4.47 Å². The van der Waals surface area contributed by atoms with E-state index in [0.717, 1.165) is 10.2 Å². The van der Waals surface area contributed by atoms with Crippen LogP contribution >= 0.6 is 15.9 Å². The van der Waals surface area contributed by atoms with Gasteiger partial charge in [0.25, 0.3) is 0 Å². The maximum atomic E-state index is 4.24. The van der Waals surface area contributed by atoms with Crippen LogP contribution in [0.15, 0.2) is 69.4 Å². The Balaban J connectivity index is 1.91. The van der Waals surface area contributed by atoms with Gasteiger partial charge in [0.1, 0.15) is 6.04 Å². The zero-order valence-electron chi connectivity index (χ0n) is 9.70. The maximum absolute atomic E-state index is 4.24. The molecule has 0 fully saturated rings. The van der Waals surface area contributed by atoms with Crippen molar-refractivity contribution in [3.05, 3.63) is 64.6 Å². The highest BCUT2D eigenvalue weighted by Gasteiger charge is 2.25. The Kier molecular flexibility index (Phi) is 3.11. The van der Waals surface area contributed by atoms with Gasteiger partial charge in [-0.05, 0) is 29.8 Å². The lowest BCUT2D eigenvalue weighted by molar-refractivity contribution is 0.732. The second-order valence-corrected chi connectivity index (χ2v) is 5.08. The van der Waals surface area contributed by atoms with E-state index in [9.17, 15) is 0 Å². The van der Waals surface area contributed by atoms with Gasteiger partial charge in [0.2, 0.25) is 0 Å². The highest BCUT2D eigenvalue weighted by molar-refractivity contribution is 9.10. The number of hydrogen-bond donors (Lipinski definition) is 0. The van der Waals surface area contributed by atoms with Crippen molar-refractivity contribution in [2.75, 3.05) is 11.6 Å². The Morgan fingerprint density at radius 3 is 2.44 bits per heavy atom. The van der Waals surface area contributed by atoms with Crippen molar-refractivity contribution >= 4 is 21.6 Å². The number of rotatable bonds is 2. The third-order valence-electron chi connectivity index (χ3n) is 2.98. The molecule has 0 spiro atoms. The standard InChI is InChI=1S/C14H12BrN3/c15-12-6-8-13(9-7-12)18-14(10-16-17-18)11-4-2-1-3-5-11/h1-9,14H,10H2/t14-/m1/s1. The number of halogens is 1. The van der Waals surface area contributed by atoms with E-state index in [-0.39, 0.29) is 6.04 Å². The van der Waals surface area contributed by atoms with Crippen molar-refractivity contribution in [2.45, 2.75) is 6.04 Å². The molecule has 1 aliphatic rings. The minimum atomic E-state index is 0.201. The molecule has 2 aromatic carbocycles. The molecule has 0 radical (unpaired) electrons. The first-order valence-corrected chi connectivity index (χ1v) is 6.61. The molecule has 0 amide bonds. The summed E-state index contributed by atoms with van der Waals surface area (Å²) in [6.45, 7) is 0.708. The first-order valence-electron chi connectivity index (χ1n) is 5.82. The van der Waals surface area contributed by atoms with Gasteiger partial charge in [-0.1, -0.05) is 51.5 Å². The summed E-state index contributed by atoms with van der Waals surface area (Å²) in [5.41, 5.74) is 2.30. The van der Waals surface area contributed by atoms with E-state index in [1.165, 1.54) is 5.56 Å². The summed E-state index contributed by atoms with van der Waals surface area (Å²) in [5, 5.41) is 10.4. The van der Waals surface area contributed by atoms with Gasteiger partial charge in [0.15, 0.2) is 0 Å². The number of anilines is 1. The van der Waals surface area contributed by atoms with Crippen LogP contribution in [0.25, 0.3) is 0 Å². The summed E-state index contributed by atoms with van der Waals surface area (Å²) in [6.07, 6.45) is 0. The average Bonchev–Trinajstić information content (AvgIpc) is 2.90. The molecule has 1 aliphatic heterocycles. The molecule has 18 heavy (non-hydrogen) atoms. The Bertz CT molecular complexity index is 551. The van der Waals surface area contributed by atoms with Gasteiger partial charge in [-0.15, -0.1) is 0 Å².